The number of likely N-dealkylation sites (N-methyl/N-ethyl adjacent to an activating group) is 1. The van der Waals surface area contributed by atoms with Crippen molar-refractivity contribution in [3.8, 4) is 5.88 Å². The number of anilines is 2. The van der Waals surface area contributed by atoms with Crippen LogP contribution in [0.1, 0.15) is 5.56 Å². The third-order valence-corrected chi connectivity index (χ3v) is 2.65. The molecule has 3 N–H and O–H groups in total. The molecule has 9 heteroatoms. The Morgan fingerprint density at radius 3 is 2.55 bits per heavy atom. The van der Waals surface area contributed by atoms with E-state index in [0.717, 1.165) is 6.54 Å². The zero-order chi connectivity index (χ0) is 14.6. The van der Waals surface area contributed by atoms with Crippen LogP contribution >= 0.6 is 12.4 Å². The third-order valence-electron chi connectivity index (χ3n) is 2.65. The van der Waals surface area contributed by atoms with Gasteiger partial charge in [-0.25, -0.2) is 0 Å². The van der Waals surface area contributed by atoms with Gasteiger partial charge in [0.1, 0.15) is 5.69 Å². The van der Waals surface area contributed by atoms with Gasteiger partial charge < -0.3 is 20.7 Å². The summed E-state index contributed by atoms with van der Waals surface area (Å²) in [5.74, 6) is 0.367. The lowest BCUT2D eigenvalue weighted by Crippen LogP contribution is -2.22. The molecule has 1 heterocycles. The molecule has 0 unspecified atom stereocenters. The van der Waals surface area contributed by atoms with E-state index in [1.807, 2.05) is 19.0 Å². The molecule has 1 rings (SSSR count). The number of nitrogens with zero attached hydrogens (tertiary/aromatic N) is 3. The van der Waals surface area contributed by atoms with E-state index in [1.54, 1.807) is 6.92 Å². The van der Waals surface area contributed by atoms with Crippen LogP contribution in [0.25, 0.3) is 0 Å². The average Bonchev–Trinajstić information content (AvgIpc) is 2.32. The van der Waals surface area contributed by atoms with Gasteiger partial charge in [0, 0.05) is 13.1 Å². The summed E-state index contributed by atoms with van der Waals surface area (Å²) >= 11 is 0. The Labute approximate surface area is 123 Å². The molecule has 1 aromatic rings. The molecule has 8 nitrogen and oxygen atoms in total. The Kier molecular flexibility index (Phi) is 7.01. The van der Waals surface area contributed by atoms with Gasteiger partial charge in [-0.1, -0.05) is 0 Å². The Bertz CT molecular complexity index is 482. The molecular formula is C11H20ClN5O3. The Balaban J connectivity index is 0.00000361. The number of nitrogens with two attached hydrogens (primary N) is 1. The van der Waals surface area contributed by atoms with Crippen molar-refractivity contribution >= 4 is 29.6 Å². The predicted octanol–water partition coefficient (Wildman–Crippen LogP) is 1.28. The summed E-state index contributed by atoms with van der Waals surface area (Å²) in [4.78, 5) is 16.6. The molecule has 20 heavy (non-hydrogen) atoms. The van der Waals surface area contributed by atoms with Gasteiger partial charge in [0.05, 0.1) is 17.6 Å². The molecule has 0 fully saturated rings. The van der Waals surface area contributed by atoms with Crippen LogP contribution in [0, 0.1) is 17.0 Å². The maximum absolute atomic E-state index is 11.1. The fourth-order valence-corrected chi connectivity index (χ4v) is 1.58. The van der Waals surface area contributed by atoms with E-state index in [2.05, 4.69) is 10.3 Å². The van der Waals surface area contributed by atoms with Crippen LogP contribution in [0.15, 0.2) is 0 Å². The van der Waals surface area contributed by atoms with Crippen molar-refractivity contribution < 1.29 is 9.66 Å². The number of nitrogens with one attached hydrogen (secondary N) is 1. The van der Waals surface area contributed by atoms with Crippen LogP contribution in [0.4, 0.5) is 17.2 Å². The first-order valence-electron chi connectivity index (χ1n) is 5.75. The molecule has 0 radical (unpaired) electrons. The zero-order valence-corrected chi connectivity index (χ0v) is 12.8. The Morgan fingerprint density at radius 2 is 2.10 bits per heavy atom. The van der Waals surface area contributed by atoms with Gasteiger partial charge in [0.25, 0.3) is 0 Å². The maximum atomic E-state index is 11.1. The molecule has 0 aliphatic carbocycles. The fourth-order valence-electron chi connectivity index (χ4n) is 1.58. The molecule has 0 aliphatic heterocycles. The number of rotatable bonds is 6. The molecule has 0 saturated carbocycles. The predicted molar refractivity (Wildman–Crippen MR) is 80.9 cm³/mol. The first-order valence-corrected chi connectivity index (χ1v) is 5.75. The van der Waals surface area contributed by atoms with Crippen molar-refractivity contribution in [2.24, 2.45) is 0 Å². The van der Waals surface area contributed by atoms with Crippen LogP contribution < -0.4 is 15.8 Å². The lowest BCUT2D eigenvalue weighted by atomic mass is 10.2. The topological polar surface area (TPSA) is 107 Å². The maximum Gasteiger partial charge on any atom is 0.316 e. The molecule has 0 saturated heterocycles. The Morgan fingerprint density at radius 1 is 1.50 bits per heavy atom. The second-order valence-electron chi connectivity index (χ2n) is 4.34. The lowest BCUT2D eigenvalue weighted by molar-refractivity contribution is -0.384. The number of nitro groups is 1. The highest BCUT2D eigenvalue weighted by Gasteiger charge is 2.24. The molecule has 0 aliphatic rings. The van der Waals surface area contributed by atoms with Crippen LogP contribution in [0.2, 0.25) is 0 Å². The standard InChI is InChI=1S/C11H19N5O3.ClH/c1-7-8(12)11(19-4)14-10(9(7)16(17)18)13-5-6-15(2)3;/h5-6,12H2,1-4H3,(H,13,14);1H. The van der Waals surface area contributed by atoms with Gasteiger partial charge in [0.15, 0.2) is 0 Å². The average molecular weight is 306 g/mol. The minimum Gasteiger partial charge on any atom is -0.479 e. The Hall–Kier alpha value is -1.80. The van der Waals surface area contributed by atoms with Gasteiger partial charge >= 0.3 is 5.69 Å². The molecule has 0 amide bonds. The summed E-state index contributed by atoms with van der Waals surface area (Å²) in [5.41, 5.74) is 6.17. The number of hydrogen-bond acceptors (Lipinski definition) is 7. The smallest absolute Gasteiger partial charge is 0.316 e. The highest BCUT2D eigenvalue weighted by Crippen LogP contribution is 2.35. The summed E-state index contributed by atoms with van der Waals surface area (Å²) in [6.07, 6.45) is 0. The molecule has 0 aromatic carbocycles. The van der Waals surface area contributed by atoms with Crippen LogP contribution in [0.5, 0.6) is 5.88 Å². The van der Waals surface area contributed by atoms with E-state index in [1.165, 1.54) is 7.11 Å². The molecule has 0 atom stereocenters. The van der Waals surface area contributed by atoms with E-state index in [-0.39, 0.29) is 35.5 Å². The molecule has 114 valence electrons. The first kappa shape index (κ1) is 18.2. The van der Waals surface area contributed by atoms with E-state index >= 15 is 0 Å². The van der Waals surface area contributed by atoms with Crippen molar-refractivity contribution in [1.82, 2.24) is 9.88 Å². The number of nitrogen functional groups attached to an aromatic ring is 1. The number of hydrogen-bond donors (Lipinski definition) is 2. The highest BCUT2D eigenvalue weighted by atomic mass is 35.5. The molecule has 0 spiro atoms. The SMILES string of the molecule is COc1nc(NCCN(C)C)c([N+](=O)[O-])c(C)c1N.Cl. The fraction of sp³-hybridized carbons (Fsp3) is 0.545. The summed E-state index contributed by atoms with van der Waals surface area (Å²) in [5, 5.41) is 14.0. The normalized spacial score (nSPS) is 10.1. The number of pyridine rings is 1. The van der Waals surface area contributed by atoms with Crippen molar-refractivity contribution in [3.63, 3.8) is 0 Å². The molecule has 0 bridgehead atoms. The van der Waals surface area contributed by atoms with E-state index in [0.29, 0.717) is 12.1 Å². The largest absolute Gasteiger partial charge is 0.479 e. The summed E-state index contributed by atoms with van der Waals surface area (Å²) < 4.78 is 5.02. The molecular weight excluding hydrogens is 286 g/mol. The van der Waals surface area contributed by atoms with Crippen LogP contribution in [-0.4, -0.2) is 49.1 Å². The van der Waals surface area contributed by atoms with Crippen molar-refractivity contribution in [2.45, 2.75) is 6.92 Å². The minimum absolute atomic E-state index is 0. The van der Waals surface area contributed by atoms with Crippen molar-refractivity contribution in [1.29, 1.82) is 0 Å². The van der Waals surface area contributed by atoms with Crippen LogP contribution in [-0.2, 0) is 0 Å². The minimum atomic E-state index is -0.490. The van der Waals surface area contributed by atoms with E-state index in [9.17, 15) is 10.1 Å². The van der Waals surface area contributed by atoms with Gasteiger partial charge in [0.2, 0.25) is 11.7 Å². The number of halogens is 1. The zero-order valence-electron chi connectivity index (χ0n) is 12.0. The van der Waals surface area contributed by atoms with Crippen molar-refractivity contribution in [2.75, 3.05) is 45.3 Å². The second-order valence-corrected chi connectivity index (χ2v) is 4.34. The van der Waals surface area contributed by atoms with E-state index < -0.39 is 4.92 Å². The third kappa shape index (κ3) is 4.10. The monoisotopic (exact) mass is 305 g/mol. The summed E-state index contributed by atoms with van der Waals surface area (Å²) in [7, 11) is 5.25. The van der Waals surface area contributed by atoms with Gasteiger partial charge in [-0.3, -0.25) is 10.1 Å². The summed E-state index contributed by atoms with van der Waals surface area (Å²) in [6.45, 7) is 2.84. The van der Waals surface area contributed by atoms with Crippen molar-refractivity contribution in [3.05, 3.63) is 15.7 Å². The highest BCUT2D eigenvalue weighted by molar-refractivity contribution is 5.85. The number of methoxy groups -OCH3 is 1. The first-order chi connectivity index (χ1) is 8.88. The van der Waals surface area contributed by atoms with Gasteiger partial charge in [-0.15, -0.1) is 12.4 Å². The van der Waals surface area contributed by atoms with Crippen LogP contribution in [0.3, 0.4) is 0 Å². The molecule has 1 aromatic heterocycles. The quantitative estimate of drug-likeness (QED) is 0.602. The van der Waals surface area contributed by atoms with E-state index in [4.69, 9.17) is 10.5 Å². The number of aromatic nitrogens is 1. The second kappa shape index (κ2) is 7.71. The van der Waals surface area contributed by atoms with Gasteiger partial charge in [-0.2, -0.15) is 4.98 Å². The van der Waals surface area contributed by atoms with Gasteiger partial charge in [-0.05, 0) is 21.0 Å². The number of ether oxygens (including phenoxy) is 1. The summed E-state index contributed by atoms with van der Waals surface area (Å²) in [6, 6.07) is 0. The lowest BCUT2D eigenvalue weighted by Gasteiger charge is -2.14.